The second-order valence-electron chi connectivity index (χ2n) is 3.84. The third-order valence-electron chi connectivity index (χ3n) is 2.56. The molecule has 2 aromatic rings. The number of nitrogens with one attached hydrogen (secondary N) is 1. The zero-order chi connectivity index (χ0) is 12.8. The molecule has 1 N–H and O–H groups in total. The number of hydrogen-bond donors (Lipinski definition) is 1. The maximum absolute atomic E-state index is 13.3. The number of carbonyl (C=O) groups excluding carboxylic acids is 1. The number of nitrogens with zero attached hydrogens (tertiary/aromatic N) is 1. The van der Waals surface area contributed by atoms with Crippen molar-refractivity contribution in [3.63, 3.8) is 0 Å². The van der Waals surface area contributed by atoms with Gasteiger partial charge >= 0.3 is 0 Å². The second-order valence-corrected chi connectivity index (χ2v) is 3.84. The molecule has 0 fully saturated rings. The third kappa shape index (κ3) is 3.13. The first kappa shape index (κ1) is 12.2. The number of benzene rings is 1. The van der Waals surface area contributed by atoms with E-state index in [2.05, 4.69) is 10.3 Å². The molecule has 2 rings (SSSR count). The number of pyridine rings is 1. The molecule has 1 aromatic carbocycles. The summed E-state index contributed by atoms with van der Waals surface area (Å²) >= 11 is 0. The van der Waals surface area contributed by atoms with Crippen molar-refractivity contribution in [1.29, 1.82) is 0 Å². The van der Waals surface area contributed by atoms with Gasteiger partial charge in [0.05, 0.1) is 5.56 Å². The molecule has 0 atom stereocenters. The SMILES string of the molecule is O=C(NCCc1ccccc1F)c1cccnc1. The first-order valence-corrected chi connectivity index (χ1v) is 5.69. The number of hydrogen-bond acceptors (Lipinski definition) is 2. The number of aromatic nitrogens is 1. The monoisotopic (exact) mass is 244 g/mol. The highest BCUT2D eigenvalue weighted by atomic mass is 19.1. The van der Waals surface area contributed by atoms with Gasteiger partial charge in [-0.1, -0.05) is 18.2 Å². The number of carbonyl (C=O) groups is 1. The van der Waals surface area contributed by atoms with Crippen LogP contribution in [0.2, 0.25) is 0 Å². The van der Waals surface area contributed by atoms with Crippen LogP contribution >= 0.6 is 0 Å². The molecule has 0 saturated carbocycles. The van der Waals surface area contributed by atoms with Gasteiger partial charge in [-0.25, -0.2) is 4.39 Å². The fourth-order valence-corrected chi connectivity index (χ4v) is 1.61. The Morgan fingerprint density at radius 3 is 2.78 bits per heavy atom. The summed E-state index contributed by atoms with van der Waals surface area (Å²) in [5.74, 6) is -0.437. The number of amides is 1. The minimum atomic E-state index is -0.242. The molecule has 0 aliphatic carbocycles. The van der Waals surface area contributed by atoms with Crippen LogP contribution < -0.4 is 5.32 Å². The maximum atomic E-state index is 13.3. The van der Waals surface area contributed by atoms with E-state index in [9.17, 15) is 9.18 Å². The minimum Gasteiger partial charge on any atom is -0.352 e. The van der Waals surface area contributed by atoms with E-state index in [0.717, 1.165) is 0 Å². The summed E-state index contributed by atoms with van der Waals surface area (Å²) in [5.41, 5.74) is 1.11. The number of rotatable bonds is 4. The van der Waals surface area contributed by atoms with Crippen molar-refractivity contribution in [3.8, 4) is 0 Å². The van der Waals surface area contributed by atoms with Crippen LogP contribution in [0.25, 0.3) is 0 Å². The van der Waals surface area contributed by atoms with Gasteiger partial charge < -0.3 is 5.32 Å². The molecular weight excluding hydrogens is 231 g/mol. The van der Waals surface area contributed by atoms with E-state index in [-0.39, 0.29) is 11.7 Å². The largest absolute Gasteiger partial charge is 0.352 e. The van der Waals surface area contributed by atoms with Crippen LogP contribution in [0, 0.1) is 5.82 Å². The molecule has 1 aromatic heterocycles. The van der Waals surface area contributed by atoms with E-state index in [0.29, 0.717) is 24.1 Å². The zero-order valence-electron chi connectivity index (χ0n) is 9.77. The molecule has 92 valence electrons. The summed E-state index contributed by atoms with van der Waals surface area (Å²) in [6.45, 7) is 0.397. The topological polar surface area (TPSA) is 42.0 Å². The first-order valence-electron chi connectivity index (χ1n) is 5.69. The molecule has 0 radical (unpaired) electrons. The van der Waals surface area contributed by atoms with Gasteiger partial charge in [-0.05, 0) is 30.2 Å². The Morgan fingerprint density at radius 1 is 1.22 bits per heavy atom. The van der Waals surface area contributed by atoms with Crippen molar-refractivity contribution in [3.05, 3.63) is 65.7 Å². The highest BCUT2D eigenvalue weighted by Gasteiger charge is 2.05. The molecule has 4 heteroatoms. The average molecular weight is 244 g/mol. The van der Waals surface area contributed by atoms with E-state index < -0.39 is 0 Å². The van der Waals surface area contributed by atoms with Gasteiger partial charge in [0.2, 0.25) is 0 Å². The van der Waals surface area contributed by atoms with Crippen LogP contribution in [0.1, 0.15) is 15.9 Å². The molecule has 1 amide bonds. The van der Waals surface area contributed by atoms with Crippen LogP contribution in [0.15, 0.2) is 48.8 Å². The molecular formula is C14H13FN2O. The van der Waals surface area contributed by atoms with E-state index in [1.54, 1.807) is 36.5 Å². The van der Waals surface area contributed by atoms with E-state index in [1.807, 2.05) is 0 Å². The molecule has 3 nitrogen and oxygen atoms in total. The summed E-state index contributed by atoms with van der Waals surface area (Å²) in [7, 11) is 0. The lowest BCUT2D eigenvalue weighted by atomic mass is 10.1. The van der Waals surface area contributed by atoms with Crippen LogP contribution in [0.3, 0.4) is 0 Å². The van der Waals surface area contributed by atoms with E-state index >= 15 is 0 Å². The predicted molar refractivity (Wildman–Crippen MR) is 66.7 cm³/mol. The quantitative estimate of drug-likeness (QED) is 0.895. The lowest BCUT2D eigenvalue weighted by Gasteiger charge is -2.05. The van der Waals surface area contributed by atoms with Gasteiger partial charge in [-0.3, -0.25) is 9.78 Å². The van der Waals surface area contributed by atoms with E-state index in [4.69, 9.17) is 0 Å². The normalized spacial score (nSPS) is 10.1. The van der Waals surface area contributed by atoms with Gasteiger partial charge in [-0.2, -0.15) is 0 Å². The number of halogens is 1. The molecule has 1 heterocycles. The fraction of sp³-hybridized carbons (Fsp3) is 0.143. The van der Waals surface area contributed by atoms with Crippen LogP contribution in [0.5, 0.6) is 0 Å². The summed E-state index contributed by atoms with van der Waals surface area (Å²) in [4.78, 5) is 15.5. The summed E-state index contributed by atoms with van der Waals surface area (Å²) in [6.07, 6.45) is 3.58. The Kier molecular flexibility index (Phi) is 4.02. The highest BCUT2D eigenvalue weighted by molar-refractivity contribution is 5.93. The molecule has 0 aliphatic heterocycles. The highest BCUT2D eigenvalue weighted by Crippen LogP contribution is 2.06. The Balaban J connectivity index is 1.86. The Labute approximate surface area is 105 Å². The molecule has 0 saturated heterocycles. The first-order chi connectivity index (χ1) is 8.77. The zero-order valence-corrected chi connectivity index (χ0v) is 9.77. The summed E-state index contributed by atoms with van der Waals surface area (Å²) < 4.78 is 13.3. The smallest absolute Gasteiger partial charge is 0.252 e. The van der Waals surface area contributed by atoms with Gasteiger partial charge in [0.1, 0.15) is 5.82 Å². The van der Waals surface area contributed by atoms with Gasteiger partial charge in [-0.15, -0.1) is 0 Å². The minimum absolute atomic E-state index is 0.195. The van der Waals surface area contributed by atoms with Crippen LogP contribution in [-0.2, 0) is 6.42 Å². The van der Waals surface area contributed by atoms with Crippen molar-refractivity contribution in [2.45, 2.75) is 6.42 Å². The summed E-state index contributed by atoms with van der Waals surface area (Å²) in [5, 5.41) is 2.73. The van der Waals surface area contributed by atoms with Crippen LogP contribution in [-0.4, -0.2) is 17.4 Å². The third-order valence-corrected chi connectivity index (χ3v) is 2.56. The molecule has 0 bridgehead atoms. The Morgan fingerprint density at radius 2 is 2.06 bits per heavy atom. The fourth-order valence-electron chi connectivity index (χ4n) is 1.61. The predicted octanol–water partition coefficient (Wildman–Crippen LogP) is 2.19. The van der Waals surface area contributed by atoms with Crippen LogP contribution in [0.4, 0.5) is 4.39 Å². The second kappa shape index (κ2) is 5.91. The molecule has 0 aliphatic rings. The van der Waals surface area contributed by atoms with Crippen molar-refractivity contribution >= 4 is 5.91 Å². The average Bonchev–Trinajstić information content (AvgIpc) is 2.42. The van der Waals surface area contributed by atoms with Crippen molar-refractivity contribution in [2.75, 3.05) is 6.54 Å². The van der Waals surface area contributed by atoms with Gasteiger partial charge in [0.25, 0.3) is 5.91 Å². The Bertz CT molecular complexity index is 528. The molecule has 0 spiro atoms. The lowest BCUT2D eigenvalue weighted by Crippen LogP contribution is -2.25. The van der Waals surface area contributed by atoms with E-state index in [1.165, 1.54) is 12.3 Å². The maximum Gasteiger partial charge on any atom is 0.252 e. The van der Waals surface area contributed by atoms with Crippen molar-refractivity contribution < 1.29 is 9.18 Å². The van der Waals surface area contributed by atoms with Gasteiger partial charge in [0.15, 0.2) is 0 Å². The Hall–Kier alpha value is -2.23. The van der Waals surface area contributed by atoms with Crippen molar-refractivity contribution in [2.24, 2.45) is 0 Å². The summed E-state index contributed by atoms with van der Waals surface area (Å²) in [6, 6.07) is 9.94. The molecule has 0 unspecified atom stereocenters. The van der Waals surface area contributed by atoms with Crippen molar-refractivity contribution in [1.82, 2.24) is 10.3 Å². The lowest BCUT2D eigenvalue weighted by molar-refractivity contribution is 0.0953. The van der Waals surface area contributed by atoms with Gasteiger partial charge in [0, 0.05) is 18.9 Å². The standard InChI is InChI=1S/C14H13FN2O/c15-13-6-2-1-4-11(13)7-9-17-14(18)12-5-3-8-16-10-12/h1-6,8,10H,7,9H2,(H,17,18). The molecule has 18 heavy (non-hydrogen) atoms.